The summed E-state index contributed by atoms with van der Waals surface area (Å²) < 4.78 is 5.38. The van der Waals surface area contributed by atoms with Crippen molar-refractivity contribution in [2.24, 2.45) is 0 Å². The second-order valence-electron chi connectivity index (χ2n) is 7.73. The lowest BCUT2D eigenvalue weighted by molar-refractivity contribution is 0.103. The van der Waals surface area contributed by atoms with Crippen molar-refractivity contribution < 1.29 is 9.53 Å². The lowest BCUT2D eigenvalue weighted by atomic mass is 9.93. The summed E-state index contributed by atoms with van der Waals surface area (Å²) in [6.45, 7) is 6.47. The molecule has 1 fully saturated rings. The van der Waals surface area contributed by atoms with Crippen LogP contribution >= 0.6 is 22.7 Å². The molecular weight excluding hydrogens is 412 g/mol. The van der Waals surface area contributed by atoms with Gasteiger partial charge in [-0.05, 0) is 74.5 Å². The first-order chi connectivity index (χ1) is 14.6. The number of carbonyl (C=O) groups is 1. The molecule has 6 heteroatoms. The molecule has 1 N–H and O–H groups in total. The number of methoxy groups -OCH3 is 1. The Kier molecular flexibility index (Phi) is 6.56. The van der Waals surface area contributed by atoms with Crippen molar-refractivity contribution in [2.45, 2.75) is 39.2 Å². The maximum absolute atomic E-state index is 12.8. The number of likely N-dealkylation sites (tertiary alicyclic amines) is 1. The summed E-state index contributed by atoms with van der Waals surface area (Å²) in [5, 5.41) is 6.13. The molecule has 0 aliphatic carbocycles. The van der Waals surface area contributed by atoms with Crippen LogP contribution in [0.5, 0.6) is 5.75 Å². The molecule has 30 heavy (non-hydrogen) atoms. The normalized spacial score (nSPS) is 15.7. The Morgan fingerprint density at radius 3 is 2.47 bits per heavy atom. The zero-order valence-corrected chi connectivity index (χ0v) is 19.4. The van der Waals surface area contributed by atoms with E-state index in [0.29, 0.717) is 0 Å². The van der Waals surface area contributed by atoms with Crippen LogP contribution in [0.2, 0.25) is 0 Å². The largest absolute Gasteiger partial charge is 0.497 e. The van der Waals surface area contributed by atoms with Crippen molar-refractivity contribution in [1.29, 1.82) is 0 Å². The number of ether oxygens (including phenoxy) is 1. The molecule has 2 aromatic heterocycles. The van der Waals surface area contributed by atoms with E-state index in [4.69, 9.17) is 4.74 Å². The minimum Gasteiger partial charge on any atom is -0.497 e. The van der Waals surface area contributed by atoms with Gasteiger partial charge in [0.2, 0.25) is 0 Å². The summed E-state index contributed by atoms with van der Waals surface area (Å²) in [4.78, 5) is 17.4. The maximum Gasteiger partial charge on any atom is 0.266 e. The van der Waals surface area contributed by atoms with Crippen LogP contribution in [0.1, 0.15) is 56.5 Å². The predicted octanol–water partition coefficient (Wildman–Crippen LogP) is 6.26. The number of benzene rings is 1. The number of hydrogen-bond acceptors (Lipinski definition) is 5. The minimum atomic E-state index is -0.0281. The number of hydrogen-bond donors (Lipinski definition) is 1. The van der Waals surface area contributed by atoms with Crippen LogP contribution in [0.4, 0.5) is 5.00 Å². The Hall–Kier alpha value is -2.15. The molecule has 0 saturated carbocycles. The monoisotopic (exact) mass is 440 g/mol. The third-order valence-electron chi connectivity index (χ3n) is 5.86. The van der Waals surface area contributed by atoms with Crippen LogP contribution in [0, 0.1) is 13.8 Å². The quantitative estimate of drug-likeness (QED) is 0.492. The molecule has 3 heterocycles. The molecule has 3 aromatic rings. The van der Waals surface area contributed by atoms with Gasteiger partial charge in [-0.3, -0.25) is 9.69 Å². The molecule has 1 saturated heterocycles. The molecule has 4 rings (SSSR count). The van der Waals surface area contributed by atoms with E-state index in [0.717, 1.165) is 28.7 Å². The SMILES string of the molecule is COc1ccc([C@@H](c2c(NC(=O)c3cccs3)sc(C)c2C)N2CCCCC2)cc1. The Labute approximate surface area is 186 Å². The summed E-state index contributed by atoms with van der Waals surface area (Å²) in [6.07, 6.45) is 3.72. The molecule has 1 aliphatic rings. The highest BCUT2D eigenvalue weighted by atomic mass is 32.1. The number of piperidine rings is 1. The van der Waals surface area contributed by atoms with Gasteiger partial charge >= 0.3 is 0 Å². The molecule has 1 amide bonds. The van der Waals surface area contributed by atoms with E-state index in [-0.39, 0.29) is 11.9 Å². The molecule has 1 atom stereocenters. The van der Waals surface area contributed by atoms with E-state index in [1.54, 1.807) is 18.4 Å². The fourth-order valence-electron chi connectivity index (χ4n) is 4.16. The van der Waals surface area contributed by atoms with Gasteiger partial charge in [0.25, 0.3) is 5.91 Å². The summed E-state index contributed by atoms with van der Waals surface area (Å²) >= 11 is 3.15. The second-order valence-corrected chi connectivity index (χ2v) is 9.90. The van der Waals surface area contributed by atoms with Gasteiger partial charge in [-0.2, -0.15) is 0 Å². The molecule has 0 unspecified atom stereocenters. The van der Waals surface area contributed by atoms with Crippen molar-refractivity contribution >= 4 is 33.6 Å². The molecule has 4 nitrogen and oxygen atoms in total. The van der Waals surface area contributed by atoms with E-state index in [9.17, 15) is 4.79 Å². The fraction of sp³-hybridized carbons (Fsp3) is 0.375. The number of thiophene rings is 2. The second kappa shape index (κ2) is 9.33. The number of nitrogens with one attached hydrogen (secondary N) is 1. The van der Waals surface area contributed by atoms with E-state index < -0.39 is 0 Å². The number of rotatable bonds is 6. The Balaban J connectivity index is 1.76. The van der Waals surface area contributed by atoms with Crippen molar-refractivity contribution in [3.05, 3.63) is 68.2 Å². The van der Waals surface area contributed by atoms with E-state index in [1.165, 1.54) is 52.2 Å². The Morgan fingerprint density at radius 2 is 1.83 bits per heavy atom. The van der Waals surface area contributed by atoms with Gasteiger partial charge in [0.15, 0.2) is 0 Å². The maximum atomic E-state index is 12.8. The van der Waals surface area contributed by atoms with Crippen molar-refractivity contribution in [2.75, 3.05) is 25.5 Å². The lowest BCUT2D eigenvalue weighted by Crippen LogP contribution is -2.35. The predicted molar refractivity (Wildman–Crippen MR) is 126 cm³/mol. The number of aryl methyl sites for hydroxylation is 1. The summed E-state index contributed by atoms with van der Waals surface area (Å²) in [6, 6.07) is 12.3. The summed E-state index contributed by atoms with van der Waals surface area (Å²) in [5.41, 5.74) is 3.74. The Bertz CT molecular complexity index is 987. The average Bonchev–Trinajstić information content (AvgIpc) is 3.40. The molecule has 0 spiro atoms. The zero-order valence-electron chi connectivity index (χ0n) is 17.7. The third-order valence-corrected chi connectivity index (χ3v) is 7.87. The number of anilines is 1. The van der Waals surface area contributed by atoms with Crippen molar-refractivity contribution in [3.8, 4) is 5.75 Å². The van der Waals surface area contributed by atoms with Crippen molar-refractivity contribution in [1.82, 2.24) is 4.90 Å². The van der Waals surface area contributed by atoms with E-state index >= 15 is 0 Å². The van der Waals surface area contributed by atoms with Gasteiger partial charge in [-0.1, -0.05) is 24.6 Å². The minimum absolute atomic E-state index is 0.0281. The highest BCUT2D eigenvalue weighted by Gasteiger charge is 2.30. The highest BCUT2D eigenvalue weighted by Crippen LogP contribution is 2.43. The van der Waals surface area contributed by atoms with Crippen LogP contribution in [0.25, 0.3) is 0 Å². The average molecular weight is 441 g/mol. The first-order valence-electron chi connectivity index (χ1n) is 10.4. The molecule has 1 aromatic carbocycles. The van der Waals surface area contributed by atoms with Gasteiger partial charge in [0.05, 0.1) is 18.0 Å². The smallest absolute Gasteiger partial charge is 0.266 e. The zero-order chi connectivity index (χ0) is 21.1. The van der Waals surface area contributed by atoms with Gasteiger partial charge in [0.1, 0.15) is 10.8 Å². The van der Waals surface area contributed by atoms with Crippen molar-refractivity contribution in [3.63, 3.8) is 0 Å². The molecular formula is C24H28N2O2S2. The molecule has 158 valence electrons. The van der Waals surface area contributed by atoms with Gasteiger partial charge in [-0.25, -0.2) is 0 Å². The number of carbonyl (C=O) groups excluding carboxylic acids is 1. The standard InChI is InChI=1S/C24H28N2O2S2/c1-16-17(2)30-24(25-23(27)20-8-7-15-29-20)21(16)22(26-13-5-4-6-14-26)18-9-11-19(28-3)12-10-18/h7-12,15,22H,4-6,13-14H2,1-3H3,(H,25,27)/t22-/m0/s1. The number of nitrogens with zero attached hydrogens (tertiary/aromatic N) is 1. The molecule has 1 aliphatic heterocycles. The van der Waals surface area contributed by atoms with Crippen LogP contribution in [-0.4, -0.2) is 31.0 Å². The van der Waals surface area contributed by atoms with Gasteiger partial charge < -0.3 is 10.1 Å². The van der Waals surface area contributed by atoms with Crippen LogP contribution < -0.4 is 10.1 Å². The summed E-state index contributed by atoms with van der Waals surface area (Å²) in [5.74, 6) is 0.834. The number of amides is 1. The first kappa shape index (κ1) is 21.1. The summed E-state index contributed by atoms with van der Waals surface area (Å²) in [7, 11) is 1.70. The van der Waals surface area contributed by atoms with E-state index in [2.05, 4.69) is 36.2 Å². The third kappa shape index (κ3) is 4.31. The van der Waals surface area contributed by atoms with Crippen LogP contribution in [0.15, 0.2) is 41.8 Å². The fourth-order valence-corrected chi connectivity index (χ4v) is 5.87. The van der Waals surface area contributed by atoms with Gasteiger partial charge in [-0.15, -0.1) is 22.7 Å². The molecule has 0 radical (unpaired) electrons. The van der Waals surface area contributed by atoms with Crippen LogP contribution in [-0.2, 0) is 0 Å². The first-order valence-corrected chi connectivity index (χ1v) is 12.1. The Morgan fingerprint density at radius 1 is 1.10 bits per heavy atom. The van der Waals surface area contributed by atoms with Crippen LogP contribution in [0.3, 0.4) is 0 Å². The molecule has 0 bridgehead atoms. The topological polar surface area (TPSA) is 41.6 Å². The lowest BCUT2D eigenvalue weighted by Gasteiger charge is -2.36. The van der Waals surface area contributed by atoms with E-state index in [1.807, 2.05) is 29.6 Å². The highest BCUT2D eigenvalue weighted by molar-refractivity contribution is 7.17. The van der Waals surface area contributed by atoms with Gasteiger partial charge in [0, 0.05) is 10.4 Å².